The van der Waals surface area contributed by atoms with Crippen LogP contribution in [-0.2, 0) is 14.8 Å². The van der Waals surface area contributed by atoms with Gasteiger partial charge in [0.25, 0.3) is 0 Å². The van der Waals surface area contributed by atoms with Gasteiger partial charge in [-0.25, -0.2) is 18.4 Å². The summed E-state index contributed by atoms with van der Waals surface area (Å²) in [5, 5.41) is 7.83. The van der Waals surface area contributed by atoms with E-state index in [1.807, 2.05) is 13.0 Å². The van der Waals surface area contributed by atoms with Crippen molar-refractivity contribution in [1.82, 2.24) is 29.7 Å². The van der Waals surface area contributed by atoms with Crippen LogP contribution in [0.15, 0.2) is 36.9 Å². The molecule has 3 aromatic heterocycles. The molecule has 10 nitrogen and oxygen atoms in total. The Kier molecular flexibility index (Phi) is 7.19. The zero-order chi connectivity index (χ0) is 22.6. The third-order valence-electron chi connectivity index (χ3n) is 4.94. The van der Waals surface area contributed by atoms with Crippen molar-refractivity contribution >= 4 is 27.6 Å². The van der Waals surface area contributed by atoms with Crippen LogP contribution in [0.2, 0.25) is 5.02 Å². The van der Waals surface area contributed by atoms with Gasteiger partial charge in [0.1, 0.15) is 5.82 Å². The van der Waals surface area contributed by atoms with E-state index < -0.39 is 21.2 Å². The molecule has 0 amide bonds. The molecule has 0 aliphatic rings. The predicted octanol–water partition coefficient (Wildman–Crippen LogP) is 2.92. The summed E-state index contributed by atoms with van der Waals surface area (Å²) in [5.74, 6) is 0.476. The van der Waals surface area contributed by atoms with Crippen LogP contribution in [0.5, 0.6) is 0 Å². The number of nitrogens with one attached hydrogen (secondary N) is 1. The second kappa shape index (κ2) is 9.67. The van der Waals surface area contributed by atoms with Gasteiger partial charge < -0.3 is 4.74 Å². The Balaban J connectivity index is 1.93. The molecule has 3 aromatic rings. The van der Waals surface area contributed by atoms with Crippen LogP contribution in [0.4, 0.5) is 5.95 Å². The fourth-order valence-electron chi connectivity index (χ4n) is 3.04. The van der Waals surface area contributed by atoms with Gasteiger partial charge in [-0.2, -0.15) is 0 Å². The maximum Gasteiger partial charge on any atom is 0.238 e. The van der Waals surface area contributed by atoms with Crippen molar-refractivity contribution in [3.63, 3.8) is 0 Å². The third-order valence-corrected chi connectivity index (χ3v) is 6.99. The molecule has 0 saturated heterocycles. The molecule has 0 aliphatic carbocycles. The minimum absolute atomic E-state index is 0.0967. The van der Waals surface area contributed by atoms with Crippen molar-refractivity contribution < 1.29 is 13.2 Å². The number of rotatable bonds is 9. The number of nitrogens with zero attached hydrogens (tertiary/aromatic N) is 6. The topological polar surface area (TPSA) is 125 Å². The summed E-state index contributed by atoms with van der Waals surface area (Å²) >= 11 is 5.83. The third kappa shape index (κ3) is 5.17. The number of anilines is 1. The highest BCUT2D eigenvalue weighted by molar-refractivity contribution is 7.93. The van der Waals surface area contributed by atoms with Gasteiger partial charge in [-0.05, 0) is 26.0 Å². The van der Waals surface area contributed by atoms with Crippen LogP contribution in [-0.4, -0.2) is 57.1 Å². The normalized spacial score (nSPS) is 14.7. The smallest absolute Gasteiger partial charge is 0.238 e. The first kappa shape index (κ1) is 23.0. The van der Waals surface area contributed by atoms with E-state index in [1.54, 1.807) is 44.0 Å². The molecular formula is C19H24ClN7O3S. The van der Waals surface area contributed by atoms with Gasteiger partial charge in [0.05, 0.1) is 22.9 Å². The number of hydrogen-bond acceptors (Lipinski definition) is 8. The van der Waals surface area contributed by atoms with Crippen LogP contribution in [0.25, 0.3) is 11.4 Å². The number of ether oxygens (including phenoxy) is 1. The van der Waals surface area contributed by atoms with Crippen LogP contribution >= 0.6 is 11.6 Å². The Bertz CT molecular complexity index is 1110. The van der Waals surface area contributed by atoms with E-state index >= 15 is 0 Å². The Morgan fingerprint density at radius 1 is 1.16 bits per heavy atom. The molecular weight excluding hydrogens is 442 g/mol. The summed E-state index contributed by atoms with van der Waals surface area (Å²) in [6.45, 7) is 5.56. The number of pyridine rings is 1. The lowest BCUT2D eigenvalue weighted by Gasteiger charge is -2.22. The van der Waals surface area contributed by atoms with Gasteiger partial charge in [-0.15, -0.1) is 10.2 Å². The Morgan fingerprint density at radius 3 is 2.48 bits per heavy atom. The number of aromatic nitrogens is 6. The average Bonchev–Trinajstić information content (AvgIpc) is 3.17. The largest absolute Gasteiger partial charge is 0.383 e. The van der Waals surface area contributed by atoms with E-state index in [2.05, 4.69) is 29.9 Å². The molecule has 0 saturated carbocycles. The Morgan fingerprint density at radius 2 is 1.87 bits per heavy atom. The standard InChI is InChI=1S/C19H24ClN7O3S/c1-12(11-30-4)27-18(15-6-5-7-21-8-15)24-25-19(27)26-31(28,29)14(3)13(2)17-22-9-16(20)10-23-17/h5-10,12-14H,11H2,1-4H3,(H,25,26)/t12-,13+,14+/m1/s1. The van der Waals surface area contributed by atoms with Gasteiger partial charge in [-0.1, -0.05) is 18.5 Å². The molecule has 3 rings (SSSR count). The highest BCUT2D eigenvalue weighted by Crippen LogP contribution is 2.28. The summed E-state index contributed by atoms with van der Waals surface area (Å²) < 4.78 is 35.8. The highest BCUT2D eigenvalue weighted by Gasteiger charge is 2.31. The van der Waals surface area contributed by atoms with E-state index in [-0.39, 0.29) is 12.0 Å². The molecule has 31 heavy (non-hydrogen) atoms. The van der Waals surface area contributed by atoms with Gasteiger partial charge in [-0.3, -0.25) is 14.3 Å². The lowest BCUT2D eigenvalue weighted by Crippen LogP contribution is -2.32. The minimum atomic E-state index is -3.85. The molecule has 0 radical (unpaired) electrons. The number of methoxy groups -OCH3 is 1. The van der Waals surface area contributed by atoms with E-state index in [4.69, 9.17) is 16.3 Å². The molecule has 0 aliphatic heterocycles. The number of sulfonamides is 1. The molecule has 0 spiro atoms. The second-order valence-corrected chi connectivity index (χ2v) is 9.64. The molecule has 1 N–H and O–H groups in total. The lowest BCUT2D eigenvalue weighted by atomic mass is 10.1. The van der Waals surface area contributed by atoms with Crippen molar-refractivity contribution in [3.05, 3.63) is 47.8 Å². The maximum atomic E-state index is 13.1. The summed E-state index contributed by atoms with van der Waals surface area (Å²) in [5.41, 5.74) is 0.708. The van der Waals surface area contributed by atoms with Gasteiger partial charge in [0, 0.05) is 43.4 Å². The van der Waals surface area contributed by atoms with Crippen LogP contribution in [0.1, 0.15) is 38.6 Å². The van der Waals surface area contributed by atoms with Crippen molar-refractivity contribution in [2.24, 2.45) is 0 Å². The lowest BCUT2D eigenvalue weighted by molar-refractivity contribution is 0.163. The highest BCUT2D eigenvalue weighted by atomic mass is 35.5. The van der Waals surface area contributed by atoms with Crippen molar-refractivity contribution in [2.45, 2.75) is 38.0 Å². The summed E-state index contributed by atoms with van der Waals surface area (Å²) in [4.78, 5) is 12.4. The molecule has 0 fully saturated rings. The average molecular weight is 466 g/mol. The van der Waals surface area contributed by atoms with Crippen LogP contribution in [0.3, 0.4) is 0 Å². The first-order chi connectivity index (χ1) is 14.7. The zero-order valence-corrected chi connectivity index (χ0v) is 19.2. The van der Waals surface area contributed by atoms with E-state index in [0.717, 1.165) is 0 Å². The predicted molar refractivity (Wildman–Crippen MR) is 117 cm³/mol. The monoisotopic (exact) mass is 465 g/mol. The summed E-state index contributed by atoms with van der Waals surface area (Å²) in [7, 11) is -2.28. The first-order valence-electron chi connectivity index (χ1n) is 9.58. The second-order valence-electron chi connectivity index (χ2n) is 7.16. The molecule has 3 atom stereocenters. The molecule has 0 unspecified atom stereocenters. The molecule has 166 valence electrons. The van der Waals surface area contributed by atoms with Crippen molar-refractivity contribution in [1.29, 1.82) is 0 Å². The van der Waals surface area contributed by atoms with E-state index in [9.17, 15) is 8.42 Å². The van der Waals surface area contributed by atoms with Gasteiger partial charge in [0.2, 0.25) is 16.0 Å². The Labute approximate surface area is 186 Å². The maximum absolute atomic E-state index is 13.1. The SMILES string of the molecule is COC[C@@H](C)n1c(NS(=O)(=O)[C@@H](C)[C@H](C)c2ncc(Cl)cn2)nnc1-c1cccnc1. The molecule has 0 bridgehead atoms. The fourth-order valence-corrected chi connectivity index (χ4v) is 4.38. The van der Waals surface area contributed by atoms with Crippen LogP contribution in [0, 0.1) is 0 Å². The number of halogens is 1. The molecule has 12 heteroatoms. The van der Waals surface area contributed by atoms with Crippen molar-refractivity contribution in [2.75, 3.05) is 18.4 Å². The van der Waals surface area contributed by atoms with Crippen LogP contribution < -0.4 is 4.72 Å². The number of hydrogen-bond donors (Lipinski definition) is 1. The first-order valence-corrected chi connectivity index (χ1v) is 11.5. The van der Waals surface area contributed by atoms with Crippen molar-refractivity contribution in [3.8, 4) is 11.4 Å². The summed E-state index contributed by atoms with van der Waals surface area (Å²) in [6.07, 6.45) is 6.17. The van der Waals surface area contributed by atoms with E-state index in [1.165, 1.54) is 12.4 Å². The minimum Gasteiger partial charge on any atom is -0.383 e. The molecule has 3 heterocycles. The Hall–Kier alpha value is -2.63. The summed E-state index contributed by atoms with van der Waals surface area (Å²) in [6, 6.07) is 3.36. The molecule has 0 aromatic carbocycles. The van der Waals surface area contributed by atoms with E-state index in [0.29, 0.717) is 28.8 Å². The van der Waals surface area contributed by atoms with Gasteiger partial charge >= 0.3 is 0 Å². The zero-order valence-electron chi connectivity index (χ0n) is 17.6. The van der Waals surface area contributed by atoms with Gasteiger partial charge in [0.15, 0.2) is 5.82 Å². The quantitative estimate of drug-likeness (QED) is 0.511. The fraction of sp³-hybridized carbons (Fsp3) is 0.421.